The average molecular weight is 274 g/mol. The Hall–Kier alpha value is -1.83. The third-order valence-corrected chi connectivity index (χ3v) is 2.81. The van der Waals surface area contributed by atoms with Crippen molar-refractivity contribution in [2.45, 2.75) is 25.1 Å². The molecule has 8 heteroatoms. The molecule has 0 bridgehead atoms. The lowest BCUT2D eigenvalue weighted by Crippen LogP contribution is -2.40. The molecule has 0 spiro atoms. The Bertz CT molecular complexity index is 473. The number of carbonyl (C=O) groups excluding carboxylic acids is 1. The zero-order valence-electron chi connectivity index (χ0n) is 9.94. The minimum atomic E-state index is -4.42. The number of nitrogens with two attached hydrogens (primary N) is 1. The Morgan fingerprint density at radius 1 is 1.53 bits per heavy atom. The van der Waals surface area contributed by atoms with E-state index >= 15 is 0 Å². The summed E-state index contributed by atoms with van der Waals surface area (Å²) in [5.41, 5.74) is 2.56. The van der Waals surface area contributed by atoms with Crippen LogP contribution in [0.4, 0.5) is 18.9 Å². The summed E-state index contributed by atoms with van der Waals surface area (Å²) in [4.78, 5) is 16.8. The SMILES string of the molecule is NNc1cnccc1C(=O)N(CC(F)(F)F)C1CC1. The molecule has 0 atom stereocenters. The molecule has 1 aromatic rings. The van der Waals surface area contributed by atoms with Crippen molar-refractivity contribution in [2.24, 2.45) is 5.84 Å². The van der Waals surface area contributed by atoms with E-state index in [9.17, 15) is 18.0 Å². The molecule has 0 unspecified atom stereocenters. The van der Waals surface area contributed by atoms with Gasteiger partial charge in [-0.15, -0.1) is 0 Å². The van der Waals surface area contributed by atoms with Gasteiger partial charge in [-0.25, -0.2) is 0 Å². The van der Waals surface area contributed by atoms with Crippen LogP contribution in [-0.4, -0.2) is 34.6 Å². The summed E-state index contributed by atoms with van der Waals surface area (Å²) in [7, 11) is 0. The molecule has 19 heavy (non-hydrogen) atoms. The van der Waals surface area contributed by atoms with Crippen LogP contribution >= 0.6 is 0 Å². The molecule has 1 aliphatic rings. The van der Waals surface area contributed by atoms with Crippen LogP contribution in [0.15, 0.2) is 18.5 Å². The fourth-order valence-corrected chi connectivity index (χ4v) is 1.80. The number of pyridine rings is 1. The first-order chi connectivity index (χ1) is 8.92. The normalized spacial score (nSPS) is 15.2. The molecular formula is C11H13F3N4O. The summed E-state index contributed by atoms with van der Waals surface area (Å²) in [5, 5.41) is 0. The molecule has 1 fully saturated rings. The van der Waals surface area contributed by atoms with Gasteiger partial charge < -0.3 is 10.3 Å². The van der Waals surface area contributed by atoms with Crippen molar-refractivity contribution in [3.8, 4) is 0 Å². The van der Waals surface area contributed by atoms with Gasteiger partial charge in [0, 0.05) is 12.2 Å². The van der Waals surface area contributed by atoms with E-state index in [2.05, 4.69) is 10.4 Å². The van der Waals surface area contributed by atoms with E-state index in [0.717, 1.165) is 4.90 Å². The van der Waals surface area contributed by atoms with E-state index in [1.807, 2.05) is 0 Å². The average Bonchev–Trinajstić information content (AvgIpc) is 3.18. The van der Waals surface area contributed by atoms with E-state index in [1.165, 1.54) is 18.5 Å². The molecule has 1 heterocycles. The van der Waals surface area contributed by atoms with Gasteiger partial charge in [-0.3, -0.25) is 15.6 Å². The molecule has 5 nitrogen and oxygen atoms in total. The molecule has 1 aliphatic carbocycles. The van der Waals surface area contributed by atoms with Gasteiger partial charge in [0.05, 0.1) is 17.4 Å². The molecular weight excluding hydrogens is 261 g/mol. The smallest absolute Gasteiger partial charge is 0.326 e. The van der Waals surface area contributed by atoms with Crippen LogP contribution < -0.4 is 11.3 Å². The van der Waals surface area contributed by atoms with Gasteiger partial charge in [-0.2, -0.15) is 13.2 Å². The highest BCUT2D eigenvalue weighted by molar-refractivity contribution is 5.99. The number of rotatable bonds is 4. The maximum atomic E-state index is 12.5. The predicted molar refractivity (Wildman–Crippen MR) is 62.2 cm³/mol. The second-order valence-electron chi connectivity index (χ2n) is 4.35. The van der Waals surface area contributed by atoms with Crippen LogP contribution in [0, 0.1) is 0 Å². The number of hydrogen-bond acceptors (Lipinski definition) is 4. The van der Waals surface area contributed by atoms with Gasteiger partial charge in [-0.1, -0.05) is 0 Å². The fourth-order valence-electron chi connectivity index (χ4n) is 1.80. The minimum Gasteiger partial charge on any atom is -0.326 e. The van der Waals surface area contributed by atoms with Crippen molar-refractivity contribution >= 4 is 11.6 Å². The number of anilines is 1. The number of amides is 1. The minimum absolute atomic E-state index is 0.0913. The van der Waals surface area contributed by atoms with Gasteiger partial charge in [0.2, 0.25) is 0 Å². The number of aromatic nitrogens is 1. The molecule has 0 saturated heterocycles. The summed E-state index contributed by atoms with van der Waals surface area (Å²) < 4.78 is 37.5. The number of hydrazine groups is 1. The number of nitrogen functional groups attached to an aromatic ring is 1. The molecule has 2 rings (SSSR count). The van der Waals surface area contributed by atoms with Gasteiger partial charge >= 0.3 is 6.18 Å². The number of nitrogens with one attached hydrogen (secondary N) is 1. The monoisotopic (exact) mass is 274 g/mol. The van der Waals surface area contributed by atoms with Crippen LogP contribution in [-0.2, 0) is 0 Å². The van der Waals surface area contributed by atoms with Crippen molar-refractivity contribution in [3.63, 3.8) is 0 Å². The molecule has 1 amide bonds. The molecule has 1 aromatic heterocycles. The van der Waals surface area contributed by atoms with Crippen LogP contribution in [0.3, 0.4) is 0 Å². The van der Waals surface area contributed by atoms with E-state index in [4.69, 9.17) is 5.84 Å². The van der Waals surface area contributed by atoms with Gasteiger partial charge in [0.25, 0.3) is 5.91 Å². The number of alkyl halides is 3. The predicted octanol–water partition coefficient (Wildman–Crippen LogP) is 1.53. The van der Waals surface area contributed by atoms with Crippen LogP contribution in [0.25, 0.3) is 0 Å². The van der Waals surface area contributed by atoms with Crippen molar-refractivity contribution in [1.29, 1.82) is 0 Å². The number of carbonyl (C=O) groups is 1. The standard InChI is InChI=1S/C11H13F3N4O/c12-11(13,14)6-18(7-1-2-7)10(19)8-3-4-16-5-9(8)17-15/h3-5,7,17H,1-2,6,15H2. The maximum Gasteiger partial charge on any atom is 0.406 e. The quantitative estimate of drug-likeness (QED) is 0.645. The second-order valence-corrected chi connectivity index (χ2v) is 4.35. The van der Waals surface area contributed by atoms with Gasteiger partial charge in [0.15, 0.2) is 0 Å². The van der Waals surface area contributed by atoms with Crippen LogP contribution in [0.2, 0.25) is 0 Å². The molecule has 0 aliphatic heterocycles. The number of nitrogens with zero attached hydrogens (tertiary/aromatic N) is 2. The molecule has 0 aromatic carbocycles. The lowest BCUT2D eigenvalue weighted by atomic mass is 10.2. The summed E-state index contributed by atoms with van der Waals surface area (Å²) in [5.74, 6) is 4.54. The first-order valence-electron chi connectivity index (χ1n) is 5.70. The van der Waals surface area contributed by atoms with Gasteiger partial charge in [0.1, 0.15) is 6.54 Å². The van der Waals surface area contributed by atoms with E-state index in [0.29, 0.717) is 12.8 Å². The fraction of sp³-hybridized carbons (Fsp3) is 0.455. The van der Waals surface area contributed by atoms with E-state index in [-0.39, 0.29) is 17.3 Å². The Labute approximate surface area is 107 Å². The topological polar surface area (TPSA) is 71.2 Å². The summed E-state index contributed by atoms with van der Waals surface area (Å²) in [6.45, 7) is -1.25. The van der Waals surface area contributed by atoms with Crippen molar-refractivity contribution in [3.05, 3.63) is 24.0 Å². The van der Waals surface area contributed by atoms with E-state index in [1.54, 1.807) is 0 Å². The van der Waals surface area contributed by atoms with Crippen LogP contribution in [0.5, 0.6) is 0 Å². The highest BCUT2D eigenvalue weighted by Gasteiger charge is 2.41. The third-order valence-electron chi connectivity index (χ3n) is 2.81. The summed E-state index contributed by atoms with van der Waals surface area (Å²) in [6.07, 6.45) is -0.587. The molecule has 104 valence electrons. The number of hydrogen-bond donors (Lipinski definition) is 2. The lowest BCUT2D eigenvalue weighted by Gasteiger charge is -2.24. The third kappa shape index (κ3) is 3.34. The maximum absolute atomic E-state index is 12.5. The Morgan fingerprint density at radius 2 is 2.21 bits per heavy atom. The van der Waals surface area contributed by atoms with E-state index < -0.39 is 18.6 Å². The zero-order chi connectivity index (χ0) is 14.0. The highest BCUT2D eigenvalue weighted by atomic mass is 19.4. The summed E-state index contributed by atoms with van der Waals surface area (Å²) in [6, 6.07) is 1.01. The molecule has 1 saturated carbocycles. The van der Waals surface area contributed by atoms with Crippen molar-refractivity contribution in [2.75, 3.05) is 12.0 Å². The van der Waals surface area contributed by atoms with Crippen molar-refractivity contribution < 1.29 is 18.0 Å². The highest BCUT2D eigenvalue weighted by Crippen LogP contribution is 2.32. The second kappa shape index (κ2) is 5.04. The van der Waals surface area contributed by atoms with Crippen LogP contribution in [0.1, 0.15) is 23.2 Å². The largest absolute Gasteiger partial charge is 0.406 e. The first kappa shape index (κ1) is 13.6. The Morgan fingerprint density at radius 3 is 2.74 bits per heavy atom. The zero-order valence-corrected chi connectivity index (χ0v) is 9.94. The molecule has 3 N–H and O–H groups in total. The number of halogens is 3. The van der Waals surface area contributed by atoms with Crippen molar-refractivity contribution in [1.82, 2.24) is 9.88 Å². The van der Waals surface area contributed by atoms with Gasteiger partial charge in [-0.05, 0) is 18.9 Å². The summed E-state index contributed by atoms with van der Waals surface area (Å²) >= 11 is 0. The lowest BCUT2D eigenvalue weighted by molar-refractivity contribution is -0.141. The first-order valence-corrected chi connectivity index (χ1v) is 5.70. The molecule has 0 radical (unpaired) electrons. The Balaban J connectivity index is 2.24. The Kier molecular flexibility index (Phi) is 3.61.